The van der Waals surface area contributed by atoms with E-state index in [-0.39, 0.29) is 23.0 Å². The summed E-state index contributed by atoms with van der Waals surface area (Å²) < 4.78 is 20.4. The van der Waals surface area contributed by atoms with Crippen molar-refractivity contribution < 1.29 is 19.3 Å². The summed E-state index contributed by atoms with van der Waals surface area (Å²) in [6, 6.07) is 4.91. The number of aliphatic hydroxyl groups is 2. The van der Waals surface area contributed by atoms with E-state index >= 15 is 4.39 Å². The zero-order chi connectivity index (χ0) is 24.8. The van der Waals surface area contributed by atoms with Gasteiger partial charge in [-0.15, -0.1) is 0 Å². The van der Waals surface area contributed by atoms with E-state index in [1.165, 1.54) is 25.3 Å². The maximum Gasteiger partial charge on any atom is 0.147 e. The largest absolute Gasteiger partial charge is 0.390 e. The van der Waals surface area contributed by atoms with E-state index in [0.717, 1.165) is 45.1 Å². The lowest BCUT2D eigenvalue weighted by atomic mass is 9.68. The Balaban J connectivity index is 1.92. The van der Waals surface area contributed by atoms with Crippen molar-refractivity contribution in [3.05, 3.63) is 34.6 Å². The average Bonchev–Trinajstić information content (AvgIpc) is 2.87. The van der Waals surface area contributed by atoms with Gasteiger partial charge in [-0.25, -0.2) is 4.39 Å². The highest BCUT2D eigenvalue weighted by molar-refractivity contribution is 6.30. The molecular formula is C27H44ClFN2O3. The molecule has 4 atom stereocenters. The summed E-state index contributed by atoms with van der Waals surface area (Å²) in [7, 11) is 1.66. The minimum absolute atomic E-state index is 0.0334. The first kappa shape index (κ1) is 27.8. The number of piperidine rings is 1. The first-order chi connectivity index (χ1) is 16.3. The summed E-state index contributed by atoms with van der Waals surface area (Å²) >= 11 is 6.14. The zero-order valence-electron chi connectivity index (χ0n) is 20.9. The fraction of sp³-hybridized carbons (Fsp3) is 0.778. The minimum Gasteiger partial charge on any atom is -0.390 e. The number of rotatable bonds is 11. The maximum absolute atomic E-state index is 15.2. The van der Waals surface area contributed by atoms with Crippen molar-refractivity contribution in [1.29, 1.82) is 0 Å². The first-order valence-electron chi connectivity index (χ1n) is 13.1. The zero-order valence-corrected chi connectivity index (χ0v) is 21.7. The van der Waals surface area contributed by atoms with Gasteiger partial charge in [-0.05, 0) is 70.4 Å². The van der Waals surface area contributed by atoms with Crippen molar-refractivity contribution in [2.24, 2.45) is 17.6 Å². The molecule has 3 rings (SSSR count). The Morgan fingerprint density at radius 3 is 2.56 bits per heavy atom. The average molecular weight is 499 g/mol. The number of aliphatic hydroxyl groups excluding tert-OH is 1. The summed E-state index contributed by atoms with van der Waals surface area (Å²) in [4.78, 5) is 2.36. The first-order valence-corrected chi connectivity index (χ1v) is 13.5. The molecule has 1 aliphatic carbocycles. The van der Waals surface area contributed by atoms with Crippen molar-refractivity contribution in [1.82, 2.24) is 4.90 Å². The standard InChI is InChI=1S/C27H44ClFN2O3/c1-26(24(32)18-30,20-10-4-3-5-11-20)31-16-9-12-21(19-31)27(33,15-6-7-17-34-2)22-13-8-14-23(28)25(22)29/h8,13-14,20-21,24,32-33H,3-7,9-12,15-19,30H2,1-2H3/t21-,24+,26+,27+/m1/s1. The molecule has 4 N–H and O–H groups in total. The third-order valence-electron chi connectivity index (χ3n) is 8.68. The summed E-state index contributed by atoms with van der Waals surface area (Å²) in [6.45, 7) is 4.40. The van der Waals surface area contributed by atoms with E-state index in [4.69, 9.17) is 22.1 Å². The molecule has 1 aromatic rings. The van der Waals surface area contributed by atoms with Crippen LogP contribution >= 0.6 is 11.6 Å². The molecule has 1 aromatic carbocycles. The third kappa shape index (κ3) is 5.79. The second-order valence-electron chi connectivity index (χ2n) is 10.6. The number of halogens is 2. The van der Waals surface area contributed by atoms with Crippen LogP contribution in [0.2, 0.25) is 5.02 Å². The lowest BCUT2D eigenvalue weighted by Crippen LogP contribution is -2.64. The number of nitrogens with two attached hydrogens (primary N) is 1. The molecule has 1 saturated heterocycles. The van der Waals surface area contributed by atoms with Gasteiger partial charge in [-0.2, -0.15) is 0 Å². The number of benzene rings is 1. The van der Waals surface area contributed by atoms with Crippen LogP contribution in [0, 0.1) is 17.7 Å². The fourth-order valence-corrected chi connectivity index (χ4v) is 6.68. The molecule has 0 amide bonds. The highest BCUT2D eigenvalue weighted by Gasteiger charge is 2.49. The quantitative estimate of drug-likeness (QED) is 0.380. The molecule has 1 saturated carbocycles. The van der Waals surface area contributed by atoms with Gasteiger partial charge in [-0.3, -0.25) is 4.90 Å². The highest BCUT2D eigenvalue weighted by Crippen LogP contribution is 2.46. The lowest BCUT2D eigenvalue weighted by Gasteiger charge is -2.54. The molecule has 7 heteroatoms. The minimum atomic E-state index is -1.34. The van der Waals surface area contributed by atoms with Crippen LogP contribution in [-0.4, -0.2) is 60.1 Å². The van der Waals surface area contributed by atoms with E-state index in [0.29, 0.717) is 25.5 Å². The maximum atomic E-state index is 15.2. The molecule has 194 valence electrons. The molecular weight excluding hydrogens is 455 g/mol. The van der Waals surface area contributed by atoms with Gasteiger partial charge in [0.2, 0.25) is 0 Å². The van der Waals surface area contributed by atoms with Crippen molar-refractivity contribution in [3.63, 3.8) is 0 Å². The van der Waals surface area contributed by atoms with Crippen LogP contribution in [0.5, 0.6) is 0 Å². The van der Waals surface area contributed by atoms with Crippen molar-refractivity contribution in [2.75, 3.05) is 33.4 Å². The molecule has 2 aliphatic rings. The molecule has 0 spiro atoms. The third-order valence-corrected chi connectivity index (χ3v) is 8.97. The molecule has 2 fully saturated rings. The predicted octanol–water partition coefficient (Wildman–Crippen LogP) is 4.85. The number of unbranched alkanes of at least 4 members (excludes halogenated alkanes) is 1. The van der Waals surface area contributed by atoms with E-state index in [1.807, 2.05) is 0 Å². The Bertz CT molecular complexity index is 778. The Labute approximate surface area is 209 Å². The van der Waals surface area contributed by atoms with E-state index in [1.54, 1.807) is 19.2 Å². The van der Waals surface area contributed by atoms with Crippen LogP contribution in [0.4, 0.5) is 4.39 Å². The Morgan fingerprint density at radius 2 is 1.88 bits per heavy atom. The van der Waals surface area contributed by atoms with Crippen LogP contribution in [0.15, 0.2) is 18.2 Å². The van der Waals surface area contributed by atoms with Crippen LogP contribution < -0.4 is 5.73 Å². The predicted molar refractivity (Wildman–Crippen MR) is 135 cm³/mol. The molecule has 5 nitrogen and oxygen atoms in total. The summed E-state index contributed by atoms with van der Waals surface area (Å²) in [6.07, 6.45) is 8.73. The summed E-state index contributed by atoms with van der Waals surface area (Å²) in [5, 5.41) is 23.3. The van der Waals surface area contributed by atoms with Gasteiger partial charge in [0.25, 0.3) is 0 Å². The van der Waals surface area contributed by atoms with E-state index < -0.39 is 23.1 Å². The Hall–Kier alpha value is -0.760. The molecule has 34 heavy (non-hydrogen) atoms. The monoisotopic (exact) mass is 498 g/mol. The van der Waals surface area contributed by atoms with E-state index in [2.05, 4.69) is 11.8 Å². The SMILES string of the molecule is COCCCC[C@@](O)(c1cccc(Cl)c1F)[C@@H]1CCCN([C@@](C)(C2CCCCC2)[C@@H](O)CN)C1. The number of hydrogen-bond donors (Lipinski definition) is 3. The van der Waals surface area contributed by atoms with Gasteiger partial charge in [0, 0.05) is 43.8 Å². The van der Waals surface area contributed by atoms with Crippen LogP contribution in [-0.2, 0) is 10.3 Å². The van der Waals surface area contributed by atoms with Crippen molar-refractivity contribution >= 4 is 11.6 Å². The van der Waals surface area contributed by atoms with Gasteiger partial charge in [0.15, 0.2) is 0 Å². The summed E-state index contributed by atoms with van der Waals surface area (Å²) in [5.74, 6) is -0.353. The molecule has 0 aromatic heterocycles. The smallest absolute Gasteiger partial charge is 0.147 e. The van der Waals surface area contributed by atoms with Crippen molar-refractivity contribution in [3.8, 4) is 0 Å². The number of methoxy groups -OCH3 is 1. The second-order valence-corrected chi connectivity index (χ2v) is 11.0. The van der Waals surface area contributed by atoms with Crippen LogP contribution in [0.1, 0.15) is 76.7 Å². The van der Waals surface area contributed by atoms with Crippen molar-refractivity contribution in [2.45, 2.75) is 88.4 Å². The van der Waals surface area contributed by atoms with Gasteiger partial charge < -0.3 is 20.7 Å². The molecule has 1 heterocycles. The van der Waals surface area contributed by atoms with Gasteiger partial charge in [0.05, 0.1) is 16.7 Å². The van der Waals surface area contributed by atoms with Crippen LogP contribution in [0.25, 0.3) is 0 Å². The fourth-order valence-electron chi connectivity index (χ4n) is 6.51. The normalized spacial score (nSPS) is 25.0. The second kappa shape index (κ2) is 12.5. The van der Waals surface area contributed by atoms with Gasteiger partial charge in [-0.1, -0.05) is 43.0 Å². The van der Waals surface area contributed by atoms with Gasteiger partial charge in [0.1, 0.15) is 5.82 Å². The lowest BCUT2D eigenvalue weighted by molar-refractivity contribution is -0.118. The molecule has 0 radical (unpaired) electrons. The highest BCUT2D eigenvalue weighted by atomic mass is 35.5. The van der Waals surface area contributed by atoms with Crippen LogP contribution in [0.3, 0.4) is 0 Å². The summed E-state index contributed by atoms with van der Waals surface area (Å²) in [5.41, 5.74) is 4.49. The molecule has 0 bridgehead atoms. The Morgan fingerprint density at radius 1 is 1.18 bits per heavy atom. The topological polar surface area (TPSA) is 79.0 Å². The number of likely N-dealkylation sites (tertiary alicyclic amines) is 1. The van der Waals surface area contributed by atoms with Gasteiger partial charge >= 0.3 is 0 Å². The molecule has 1 aliphatic heterocycles. The number of hydrogen-bond acceptors (Lipinski definition) is 5. The number of ether oxygens (including phenoxy) is 1. The molecule has 0 unspecified atom stereocenters. The number of nitrogens with zero attached hydrogens (tertiary/aromatic N) is 1. The Kier molecular flexibility index (Phi) is 10.2. The van der Waals surface area contributed by atoms with E-state index in [9.17, 15) is 10.2 Å².